The largest absolute Gasteiger partial charge is 0.349 e. The van der Waals surface area contributed by atoms with E-state index in [1.54, 1.807) is 30.4 Å². The normalized spacial score (nSPS) is 10.3. The van der Waals surface area contributed by atoms with Crippen LogP contribution in [0.5, 0.6) is 0 Å². The maximum absolute atomic E-state index is 12.6. The lowest BCUT2D eigenvalue weighted by Gasteiger charge is -2.17. The van der Waals surface area contributed by atoms with Crippen molar-refractivity contribution in [3.8, 4) is 0 Å². The SMILES string of the molecule is CN(Cc1ccccc1)C(=O)c1ccnc(NCc2ccccn2)n1. The zero-order valence-electron chi connectivity index (χ0n) is 14.0. The minimum absolute atomic E-state index is 0.146. The third-order valence-corrected chi connectivity index (χ3v) is 3.64. The lowest BCUT2D eigenvalue weighted by molar-refractivity contribution is 0.0779. The number of aromatic nitrogens is 3. The second-order valence-corrected chi connectivity index (χ2v) is 5.59. The van der Waals surface area contributed by atoms with E-state index < -0.39 is 0 Å². The molecular weight excluding hydrogens is 314 g/mol. The Morgan fingerprint density at radius 1 is 1.00 bits per heavy atom. The molecule has 6 heteroatoms. The van der Waals surface area contributed by atoms with Crippen LogP contribution in [0.2, 0.25) is 0 Å². The number of carbonyl (C=O) groups excluding carboxylic acids is 1. The van der Waals surface area contributed by atoms with Gasteiger partial charge in [-0.15, -0.1) is 0 Å². The van der Waals surface area contributed by atoms with Crippen molar-refractivity contribution in [3.05, 3.63) is 83.9 Å². The number of pyridine rings is 1. The Labute approximate surface area is 146 Å². The molecule has 0 radical (unpaired) electrons. The van der Waals surface area contributed by atoms with Gasteiger partial charge in [-0.05, 0) is 23.8 Å². The average Bonchev–Trinajstić information content (AvgIpc) is 2.67. The smallest absolute Gasteiger partial charge is 0.272 e. The van der Waals surface area contributed by atoms with Crippen molar-refractivity contribution in [2.75, 3.05) is 12.4 Å². The van der Waals surface area contributed by atoms with Crippen LogP contribution in [0.3, 0.4) is 0 Å². The van der Waals surface area contributed by atoms with Crippen LogP contribution >= 0.6 is 0 Å². The molecule has 1 N–H and O–H groups in total. The molecular formula is C19H19N5O. The molecule has 0 spiro atoms. The van der Waals surface area contributed by atoms with Crippen LogP contribution in [0.1, 0.15) is 21.7 Å². The molecule has 0 saturated carbocycles. The maximum Gasteiger partial charge on any atom is 0.272 e. The highest BCUT2D eigenvalue weighted by Gasteiger charge is 2.14. The summed E-state index contributed by atoms with van der Waals surface area (Å²) >= 11 is 0. The summed E-state index contributed by atoms with van der Waals surface area (Å²) < 4.78 is 0. The average molecular weight is 333 g/mol. The van der Waals surface area contributed by atoms with Crippen molar-refractivity contribution in [2.45, 2.75) is 13.1 Å². The van der Waals surface area contributed by atoms with Gasteiger partial charge < -0.3 is 10.2 Å². The van der Waals surface area contributed by atoms with Crippen molar-refractivity contribution in [1.29, 1.82) is 0 Å². The fraction of sp³-hybridized carbons (Fsp3) is 0.158. The molecule has 0 atom stereocenters. The van der Waals surface area contributed by atoms with Gasteiger partial charge in [-0.25, -0.2) is 9.97 Å². The Bertz CT molecular complexity index is 823. The summed E-state index contributed by atoms with van der Waals surface area (Å²) in [6.07, 6.45) is 3.31. The molecule has 0 bridgehead atoms. The zero-order chi connectivity index (χ0) is 17.5. The van der Waals surface area contributed by atoms with Gasteiger partial charge in [-0.2, -0.15) is 0 Å². The standard InChI is InChI=1S/C19H19N5O/c1-24(14-15-7-3-2-4-8-15)18(25)17-10-12-21-19(23-17)22-13-16-9-5-6-11-20-16/h2-12H,13-14H2,1H3,(H,21,22,23). The Balaban J connectivity index is 1.64. The van der Waals surface area contributed by atoms with Gasteiger partial charge in [0.1, 0.15) is 5.69 Å². The fourth-order valence-corrected chi connectivity index (χ4v) is 2.36. The van der Waals surface area contributed by atoms with E-state index >= 15 is 0 Å². The summed E-state index contributed by atoms with van der Waals surface area (Å²) in [6, 6.07) is 17.2. The van der Waals surface area contributed by atoms with Gasteiger partial charge in [0.15, 0.2) is 0 Å². The molecule has 0 aliphatic rings. The predicted molar refractivity (Wildman–Crippen MR) is 95.8 cm³/mol. The van der Waals surface area contributed by atoms with E-state index in [1.165, 1.54) is 0 Å². The van der Waals surface area contributed by atoms with Gasteiger partial charge in [0.25, 0.3) is 5.91 Å². The first kappa shape index (κ1) is 16.6. The lowest BCUT2D eigenvalue weighted by atomic mass is 10.2. The molecule has 0 aliphatic carbocycles. The second kappa shape index (κ2) is 8.01. The van der Waals surface area contributed by atoms with Crippen LogP contribution in [0.25, 0.3) is 0 Å². The second-order valence-electron chi connectivity index (χ2n) is 5.59. The molecule has 3 aromatic rings. The van der Waals surface area contributed by atoms with Crippen LogP contribution in [0.15, 0.2) is 67.0 Å². The van der Waals surface area contributed by atoms with E-state index in [9.17, 15) is 4.79 Å². The van der Waals surface area contributed by atoms with Gasteiger partial charge in [-0.3, -0.25) is 9.78 Å². The number of amides is 1. The first-order valence-electron chi connectivity index (χ1n) is 7.98. The van der Waals surface area contributed by atoms with E-state index in [-0.39, 0.29) is 5.91 Å². The highest BCUT2D eigenvalue weighted by molar-refractivity contribution is 5.92. The van der Waals surface area contributed by atoms with E-state index in [0.29, 0.717) is 24.7 Å². The van der Waals surface area contributed by atoms with Crippen molar-refractivity contribution in [3.63, 3.8) is 0 Å². The van der Waals surface area contributed by atoms with Crippen molar-refractivity contribution in [2.24, 2.45) is 0 Å². The summed E-state index contributed by atoms with van der Waals surface area (Å²) in [5.74, 6) is 0.261. The van der Waals surface area contributed by atoms with E-state index in [2.05, 4.69) is 20.3 Å². The highest BCUT2D eigenvalue weighted by Crippen LogP contribution is 2.08. The van der Waals surface area contributed by atoms with Crippen LogP contribution < -0.4 is 5.32 Å². The summed E-state index contributed by atoms with van der Waals surface area (Å²) in [5.41, 5.74) is 2.31. The maximum atomic E-state index is 12.6. The molecule has 6 nitrogen and oxygen atoms in total. The Kier molecular flexibility index (Phi) is 5.31. The monoisotopic (exact) mass is 333 g/mol. The van der Waals surface area contributed by atoms with Crippen molar-refractivity contribution in [1.82, 2.24) is 19.9 Å². The fourth-order valence-electron chi connectivity index (χ4n) is 2.36. The Morgan fingerprint density at radius 2 is 1.80 bits per heavy atom. The number of nitrogens with one attached hydrogen (secondary N) is 1. The molecule has 126 valence electrons. The third-order valence-electron chi connectivity index (χ3n) is 3.64. The zero-order valence-corrected chi connectivity index (χ0v) is 14.0. The minimum atomic E-state index is -0.146. The summed E-state index contributed by atoms with van der Waals surface area (Å²) in [7, 11) is 1.76. The number of nitrogens with zero attached hydrogens (tertiary/aromatic N) is 4. The van der Waals surface area contributed by atoms with E-state index in [4.69, 9.17) is 0 Å². The molecule has 25 heavy (non-hydrogen) atoms. The van der Waals surface area contributed by atoms with Crippen LogP contribution in [-0.2, 0) is 13.1 Å². The molecule has 0 aliphatic heterocycles. The molecule has 2 aromatic heterocycles. The molecule has 1 amide bonds. The van der Waals surface area contributed by atoms with Crippen molar-refractivity contribution >= 4 is 11.9 Å². The van der Waals surface area contributed by atoms with Crippen molar-refractivity contribution < 1.29 is 4.79 Å². The Morgan fingerprint density at radius 3 is 2.56 bits per heavy atom. The summed E-state index contributed by atoms with van der Waals surface area (Å²) in [6.45, 7) is 1.03. The van der Waals surface area contributed by atoms with Gasteiger partial charge in [0, 0.05) is 26.0 Å². The van der Waals surface area contributed by atoms with Gasteiger partial charge >= 0.3 is 0 Å². The quantitative estimate of drug-likeness (QED) is 0.751. The van der Waals surface area contributed by atoms with E-state index in [1.807, 2.05) is 48.5 Å². The molecule has 0 saturated heterocycles. The third kappa shape index (κ3) is 4.60. The molecule has 2 heterocycles. The predicted octanol–water partition coefficient (Wildman–Crippen LogP) is 2.76. The number of rotatable bonds is 6. The molecule has 3 rings (SSSR count). The van der Waals surface area contributed by atoms with E-state index in [0.717, 1.165) is 11.3 Å². The van der Waals surface area contributed by atoms with Gasteiger partial charge in [-0.1, -0.05) is 36.4 Å². The number of hydrogen-bond donors (Lipinski definition) is 1. The molecule has 0 fully saturated rings. The Hall–Kier alpha value is -3.28. The first-order chi connectivity index (χ1) is 12.2. The van der Waals surface area contributed by atoms with Crippen LogP contribution in [0, 0.1) is 0 Å². The highest BCUT2D eigenvalue weighted by atomic mass is 16.2. The number of hydrogen-bond acceptors (Lipinski definition) is 5. The minimum Gasteiger partial charge on any atom is -0.349 e. The number of benzene rings is 1. The summed E-state index contributed by atoms with van der Waals surface area (Å²) in [5, 5.41) is 3.09. The lowest BCUT2D eigenvalue weighted by Crippen LogP contribution is -2.27. The molecule has 0 unspecified atom stereocenters. The number of carbonyl (C=O) groups is 1. The summed E-state index contributed by atoms with van der Waals surface area (Å²) in [4.78, 5) is 26.9. The topological polar surface area (TPSA) is 71.0 Å². The number of anilines is 1. The van der Waals surface area contributed by atoms with Crippen LogP contribution in [0.4, 0.5) is 5.95 Å². The van der Waals surface area contributed by atoms with Crippen LogP contribution in [-0.4, -0.2) is 32.8 Å². The first-order valence-corrected chi connectivity index (χ1v) is 7.98. The van der Waals surface area contributed by atoms with Gasteiger partial charge in [0.05, 0.1) is 12.2 Å². The molecule has 1 aromatic carbocycles. The van der Waals surface area contributed by atoms with Gasteiger partial charge in [0.2, 0.25) is 5.95 Å².